The van der Waals surface area contributed by atoms with Crippen LogP contribution in [0.4, 0.5) is 10.1 Å². The molecule has 2 saturated heterocycles. The topological polar surface area (TPSA) is 84.7 Å². The van der Waals surface area contributed by atoms with Crippen LogP contribution in [-0.2, 0) is 16.9 Å². The molecule has 0 saturated carbocycles. The second-order valence-corrected chi connectivity index (χ2v) is 10.5. The van der Waals surface area contributed by atoms with E-state index in [1.807, 2.05) is 4.90 Å². The lowest BCUT2D eigenvalue weighted by atomic mass is 9.77. The molecule has 0 radical (unpaired) electrons. The van der Waals surface area contributed by atoms with Crippen molar-refractivity contribution in [2.75, 3.05) is 11.9 Å². The molecule has 190 valence electrons. The van der Waals surface area contributed by atoms with E-state index in [9.17, 15) is 19.3 Å². The van der Waals surface area contributed by atoms with Crippen LogP contribution in [0.3, 0.4) is 0 Å². The van der Waals surface area contributed by atoms with E-state index < -0.39 is 17.5 Å². The molecule has 3 aromatic carbocycles. The van der Waals surface area contributed by atoms with Gasteiger partial charge in [0.05, 0.1) is 16.0 Å². The van der Waals surface area contributed by atoms with Crippen LogP contribution in [0.15, 0.2) is 60.7 Å². The molecule has 0 aliphatic carbocycles. The molecule has 3 aliphatic heterocycles. The second kappa shape index (κ2) is 8.97. The fourth-order valence-electron chi connectivity index (χ4n) is 6.47. The number of amides is 1. The Balaban J connectivity index is 1.41. The van der Waals surface area contributed by atoms with Crippen molar-refractivity contribution in [2.45, 2.75) is 43.0 Å². The third-order valence-corrected chi connectivity index (χ3v) is 8.33. The minimum atomic E-state index is -1.42. The average molecular weight is 542 g/mol. The van der Waals surface area contributed by atoms with Crippen molar-refractivity contribution >= 4 is 34.8 Å². The number of ether oxygens (including phenoxy) is 1. The Bertz CT molecular complexity index is 1410. The predicted molar refractivity (Wildman–Crippen MR) is 137 cm³/mol. The molecule has 3 heterocycles. The molecule has 0 bridgehead atoms. The molecule has 3 aromatic rings. The maximum atomic E-state index is 13.6. The van der Waals surface area contributed by atoms with Crippen LogP contribution in [0.25, 0.3) is 0 Å². The Morgan fingerprint density at radius 3 is 2.62 bits per heavy atom. The molecule has 1 spiro atoms. The third-order valence-electron chi connectivity index (χ3n) is 7.77. The van der Waals surface area contributed by atoms with Crippen LogP contribution in [0.5, 0.6) is 5.75 Å². The number of hydrogen-bond acceptors (Lipinski definition) is 5. The Morgan fingerprint density at radius 2 is 1.89 bits per heavy atom. The van der Waals surface area contributed by atoms with Crippen LogP contribution in [0.2, 0.25) is 10.0 Å². The molecule has 0 unspecified atom stereocenters. The number of rotatable bonds is 5. The van der Waals surface area contributed by atoms with Gasteiger partial charge in [-0.25, -0.2) is 4.39 Å². The molecule has 37 heavy (non-hydrogen) atoms. The lowest BCUT2D eigenvalue weighted by Gasteiger charge is -2.32. The second-order valence-electron chi connectivity index (χ2n) is 9.66. The summed E-state index contributed by atoms with van der Waals surface area (Å²) in [6.07, 6.45) is 1.53. The molecule has 1 N–H and O–H groups in total. The fraction of sp³-hybridized carbons (Fsp3) is 0.296. The molecule has 4 atom stereocenters. The van der Waals surface area contributed by atoms with Gasteiger partial charge in [0.1, 0.15) is 12.4 Å². The molecular weight excluding hydrogens is 520 g/mol. The van der Waals surface area contributed by atoms with E-state index >= 15 is 0 Å². The molecule has 6 rings (SSSR count). The number of para-hydroxylation sites is 1. The summed E-state index contributed by atoms with van der Waals surface area (Å²) in [5.41, 5.74) is 0.999. The largest absolute Gasteiger partial charge is 0.486 e. The van der Waals surface area contributed by atoms with E-state index in [0.717, 1.165) is 6.42 Å². The molecule has 2 fully saturated rings. The first-order valence-corrected chi connectivity index (χ1v) is 12.8. The highest BCUT2D eigenvalue weighted by Crippen LogP contribution is 2.58. The van der Waals surface area contributed by atoms with Crippen molar-refractivity contribution < 1.29 is 18.8 Å². The number of benzene rings is 3. The highest BCUT2D eigenvalue weighted by Gasteiger charge is 2.73. The van der Waals surface area contributed by atoms with E-state index in [0.29, 0.717) is 35.3 Å². The highest BCUT2D eigenvalue weighted by atomic mass is 35.5. The summed E-state index contributed by atoms with van der Waals surface area (Å²) in [4.78, 5) is 28.0. The van der Waals surface area contributed by atoms with Crippen molar-refractivity contribution in [3.63, 3.8) is 0 Å². The fourth-order valence-corrected chi connectivity index (χ4v) is 7.08. The zero-order valence-electron chi connectivity index (χ0n) is 19.5. The van der Waals surface area contributed by atoms with E-state index in [2.05, 4.69) is 5.32 Å². The summed E-state index contributed by atoms with van der Waals surface area (Å²) in [6.45, 7) is 0.623. The number of nitro groups is 1. The van der Waals surface area contributed by atoms with E-state index in [4.69, 9.17) is 27.9 Å². The van der Waals surface area contributed by atoms with Gasteiger partial charge in [0.15, 0.2) is 11.3 Å². The van der Waals surface area contributed by atoms with E-state index in [1.54, 1.807) is 48.5 Å². The third kappa shape index (κ3) is 3.61. The number of anilines is 1. The lowest BCUT2D eigenvalue weighted by Crippen LogP contribution is -2.55. The quantitative estimate of drug-likeness (QED) is 0.327. The molecule has 10 heteroatoms. The Labute approximate surface area is 222 Å². The summed E-state index contributed by atoms with van der Waals surface area (Å²) < 4.78 is 19.3. The van der Waals surface area contributed by atoms with Gasteiger partial charge in [-0.3, -0.25) is 19.8 Å². The van der Waals surface area contributed by atoms with Crippen molar-refractivity contribution in [3.8, 4) is 5.75 Å². The van der Waals surface area contributed by atoms with Gasteiger partial charge in [-0.15, -0.1) is 0 Å². The SMILES string of the molecule is O=C1Nc2ccccc2[C@]12[C@H]([N+](=O)[O-])[C@@H](c1cc(Cl)c(OCc3cccc(F)c3)c(Cl)c1)[C@@H]1CCCN12. The molecule has 1 amide bonds. The van der Waals surface area contributed by atoms with Gasteiger partial charge >= 0.3 is 0 Å². The van der Waals surface area contributed by atoms with Gasteiger partial charge in [-0.1, -0.05) is 53.5 Å². The highest BCUT2D eigenvalue weighted by molar-refractivity contribution is 6.37. The average Bonchev–Trinajstić information content (AvgIpc) is 3.51. The smallest absolute Gasteiger partial charge is 0.256 e. The molecular formula is C27H22Cl2FN3O4. The number of nitrogens with zero attached hydrogens (tertiary/aromatic N) is 2. The number of nitrogens with one attached hydrogen (secondary N) is 1. The predicted octanol–water partition coefficient (Wildman–Crippen LogP) is 5.77. The maximum absolute atomic E-state index is 13.6. The maximum Gasteiger partial charge on any atom is 0.256 e. The van der Waals surface area contributed by atoms with Gasteiger partial charge in [0.25, 0.3) is 11.9 Å². The summed E-state index contributed by atoms with van der Waals surface area (Å²) >= 11 is 13.2. The van der Waals surface area contributed by atoms with Crippen LogP contribution in [0.1, 0.15) is 35.4 Å². The van der Waals surface area contributed by atoms with Crippen LogP contribution in [-0.4, -0.2) is 34.4 Å². The summed E-state index contributed by atoms with van der Waals surface area (Å²) in [6, 6.07) is 15.0. The number of halogens is 3. The van der Waals surface area contributed by atoms with Crippen molar-refractivity contribution in [1.29, 1.82) is 0 Å². The van der Waals surface area contributed by atoms with Gasteiger partial charge < -0.3 is 10.1 Å². The minimum absolute atomic E-state index is 0.0496. The van der Waals surface area contributed by atoms with Crippen LogP contribution < -0.4 is 10.1 Å². The van der Waals surface area contributed by atoms with Gasteiger partial charge in [-0.2, -0.15) is 0 Å². The zero-order chi connectivity index (χ0) is 25.9. The van der Waals surface area contributed by atoms with Crippen molar-refractivity contribution in [1.82, 2.24) is 4.90 Å². The zero-order valence-corrected chi connectivity index (χ0v) is 21.0. The van der Waals surface area contributed by atoms with E-state index in [-0.39, 0.29) is 45.1 Å². The normalized spacial score (nSPS) is 26.2. The molecule has 3 aliphatic rings. The standard InChI is InChI=1S/C27H22Cl2FN3O4/c28-19-12-16(13-20(29)24(19)37-14-15-5-3-6-17(30)11-15)23-22-9-4-10-32(22)27(25(23)33(35)36)18-7-1-2-8-21(18)31-26(27)34/h1-3,5-8,11-13,22-23,25H,4,9-10,14H2,(H,31,34)/t22-,23-,25+,27-/m0/s1. The number of hydrogen-bond donors (Lipinski definition) is 1. The number of carbonyl (C=O) groups is 1. The van der Waals surface area contributed by atoms with Gasteiger partial charge in [0, 0.05) is 28.8 Å². The van der Waals surface area contributed by atoms with Crippen LogP contribution in [0, 0.1) is 15.9 Å². The molecule has 0 aromatic heterocycles. The Morgan fingerprint density at radius 1 is 1.14 bits per heavy atom. The monoisotopic (exact) mass is 541 g/mol. The van der Waals surface area contributed by atoms with Crippen molar-refractivity contribution in [3.05, 3.63) is 103 Å². The Hall–Kier alpha value is -3.20. The minimum Gasteiger partial charge on any atom is -0.486 e. The van der Waals surface area contributed by atoms with E-state index in [1.165, 1.54) is 12.1 Å². The number of carbonyl (C=O) groups excluding carboxylic acids is 1. The first-order chi connectivity index (χ1) is 17.8. The van der Waals surface area contributed by atoms with Crippen molar-refractivity contribution in [2.24, 2.45) is 0 Å². The summed E-state index contributed by atoms with van der Waals surface area (Å²) in [5, 5.41) is 16.0. The number of fused-ring (bicyclic) bond motifs is 4. The Kier molecular flexibility index (Phi) is 5.86. The molecule has 7 nitrogen and oxygen atoms in total. The van der Waals surface area contributed by atoms with Crippen LogP contribution >= 0.6 is 23.2 Å². The van der Waals surface area contributed by atoms with Gasteiger partial charge in [0.2, 0.25) is 0 Å². The lowest BCUT2D eigenvalue weighted by molar-refractivity contribution is -0.534. The first-order valence-electron chi connectivity index (χ1n) is 12.0. The summed E-state index contributed by atoms with van der Waals surface area (Å²) in [5.74, 6) is -1.17. The van der Waals surface area contributed by atoms with Gasteiger partial charge in [-0.05, 0) is 54.3 Å². The first kappa shape index (κ1) is 24.2. The summed E-state index contributed by atoms with van der Waals surface area (Å²) in [7, 11) is 0.